The van der Waals surface area contributed by atoms with Crippen LogP contribution < -0.4 is 10.1 Å². The molecule has 0 saturated heterocycles. The molecule has 0 bridgehead atoms. The third-order valence-corrected chi connectivity index (χ3v) is 3.81. The molecule has 0 spiro atoms. The molecule has 0 unspecified atom stereocenters. The Morgan fingerprint density at radius 2 is 2.00 bits per heavy atom. The van der Waals surface area contributed by atoms with Crippen molar-refractivity contribution in [1.82, 2.24) is 0 Å². The molecule has 0 aliphatic rings. The molecule has 1 heterocycles. The summed E-state index contributed by atoms with van der Waals surface area (Å²) >= 11 is 0. The number of carbonyl (C=O) groups excluding carboxylic acids is 1. The molecule has 0 atom stereocenters. The second-order valence-electron chi connectivity index (χ2n) is 5.79. The van der Waals surface area contributed by atoms with Crippen LogP contribution in [0, 0.1) is 17.1 Å². The number of amides is 1. The van der Waals surface area contributed by atoms with Crippen LogP contribution in [-0.2, 0) is 4.79 Å². The number of ether oxygens (including phenoxy) is 1. The number of furan rings is 1. The molecule has 1 N–H and O–H groups in total. The minimum atomic E-state index is -0.560. The van der Waals surface area contributed by atoms with Crippen LogP contribution in [0.15, 0.2) is 70.7 Å². The summed E-state index contributed by atoms with van der Waals surface area (Å²) in [5, 5.41) is 12.0. The molecule has 0 saturated carbocycles. The van der Waals surface area contributed by atoms with Crippen LogP contribution in [0.3, 0.4) is 0 Å². The van der Waals surface area contributed by atoms with Crippen molar-refractivity contribution < 1.29 is 18.3 Å². The third-order valence-electron chi connectivity index (χ3n) is 3.81. The lowest BCUT2D eigenvalue weighted by molar-refractivity contribution is -0.112. The molecule has 28 heavy (non-hydrogen) atoms. The van der Waals surface area contributed by atoms with Crippen molar-refractivity contribution >= 4 is 17.7 Å². The maximum Gasteiger partial charge on any atom is 0.266 e. The molecule has 3 aromatic rings. The average molecular weight is 376 g/mol. The summed E-state index contributed by atoms with van der Waals surface area (Å²) in [5.41, 5.74) is 0.987. The summed E-state index contributed by atoms with van der Waals surface area (Å²) < 4.78 is 24.3. The smallest absolute Gasteiger partial charge is 0.266 e. The van der Waals surface area contributed by atoms with E-state index in [9.17, 15) is 14.4 Å². The third kappa shape index (κ3) is 4.65. The van der Waals surface area contributed by atoms with E-state index in [4.69, 9.17) is 9.15 Å². The monoisotopic (exact) mass is 376 g/mol. The first kappa shape index (κ1) is 18.9. The first-order chi connectivity index (χ1) is 13.6. The lowest BCUT2D eigenvalue weighted by Crippen LogP contribution is -2.13. The van der Waals surface area contributed by atoms with Crippen LogP contribution in [0.5, 0.6) is 5.75 Å². The fourth-order valence-electron chi connectivity index (χ4n) is 2.52. The zero-order valence-corrected chi connectivity index (χ0v) is 15.1. The summed E-state index contributed by atoms with van der Waals surface area (Å²) in [5.74, 6) is 0.512. The van der Waals surface area contributed by atoms with Crippen molar-refractivity contribution in [2.75, 3.05) is 11.9 Å². The van der Waals surface area contributed by atoms with E-state index in [2.05, 4.69) is 5.32 Å². The molecule has 3 rings (SSSR count). The Labute approximate surface area is 161 Å². The molecule has 6 heteroatoms. The normalized spacial score (nSPS) is 11.0. The van der Waals surface area contributed by atoms with Gasteiger partial charge in [-0.15, -0.1) is 0 Å². The van der Waals surface area contributed by atoms with Gasteiger partial charge in [0.05, 0.1) is 6.61 Å². The van der Waals surface area contributed by atoms with E-state index in [0.717, 1.165) is 0 Å². The van der Waals surface area contributed by atoms with Crippen molar-refractivity contribution in [3.8, 4) is 23.1 Å². The van der Waals surface area contributed by atoms with Crippen molar-refractivity contribution in [2.45, 2.75) is 6.92 Å². The molecule has 0 radical (unpaired) electrons. The molecule has 5 nitrogen and oxygen atoms in total. The second kappa shape index (κ2) is 8.69. The van der Waals surface area contributed by atoms with Crippen LogP contribution in [-0.4, -0.2) is 12.5 Å². The largest absolute Gasteiger partial charge is 0.494 e. The number of rotatable bonds is 6. The minimum Gasteiger partial charge on any atom is -0.494 e. The molecule has 0 aliphatic carbocycles. The Hall–Kier alpha value is -3.85. The SMILES string of the molecule is CCOc1ccc(NC(=O)/C(C#N)=C/c2ccc(-c3cccc(F)c3)o2)cc1. The summed E-state index contributed by atoms with van der Waals surface area (Å²) in [6, 6.07) is 17.9. The minimum absolute atomic E-state index is 0.117. The number of halogens is 1. The Kier molecular flexibility index (Phi) is 5.87. The number of carbonyl (C=O) groups is 1. The van der Waals surface area contributed by atoms with E-state index in [-0.39, 0.29) is 11.4 Å². The van der Waals surface area contributed by atoms with Crippen molar-refractivity contribution in [3.05, 3.63) is 77.8 Å². The summed E-state index contributed by atoms with van der Waals surface area (Å²) in [7, 11) is 0. The van der Waals surface area contributed by atoms with Crippen LogP contribution in [0.1, 0.15) is 12.7 Å². The molecule has 1 aromatic heterocycles. The van der Waals surface area contributed by atoms with Gasteiger partial charge in [0.15, 0.2) is 0 Å². The van der Waals surface area contributed by atoms with E-state index in [1.807, 2.05) is 13.0 Å². The van der Waals surface area contributed by atoms with E-state index in [1.165, 1.54) is 18.2 Å². The van der Waals surface area contributed by atoms with Gasteiger partial charge in [-0.3, -0.25) is 4.79 Å². The first-order valence-electron chi connectivity index (χ1n) is 8.61. The van der Waals surface area contributed by atoms with E-state index < -0.39 is 5.91 Å². The molecular formula is C22H17FN2O3. The molecule has 0 fully saturated rings. The van der Waals surface area contributed by atoms with Crippen LogP contribution >= 0.6 is 0 Å². The Morgan fingerprint density at radius 1 is 1.21 bits per heavy atom. The van der Waals surface area contributed by atoms with Gasteiger partial charge in [-0.25, -0.2) is 4.39 Å². The number of hydrogen-bond acceptors (Lipinski definition) is 4. The highest BCUT2D eigenvalue weighted by molar-refractivity contribution is 6.09. The number of benzene rings is 2. The zero-order chi connectivity index (χ0) is 19.9. The standard InChI is InChI=1S/C22H17FN2O3/c1-2-27-19-8-6-18(7-9-19)25-22(26)16(14-24)13-20-10-11-21(28-20)15-4-3-5-17(23)12-15/h3-13H,2H2,1H3,(H,25,26)/b16-13+. The second-order valence-corrected chi connectivity index (χ2v) is 5.79. The van der Waals surface area contributed by atoms with Gasteiger partial charge in [0, 0.05) is 17.3 Å². The predicted molar refractivity (Wildman–Crippen MR) is 104 cm³/mol. The first-order valence-corrected chi connectivity index (χ1v) is 8.61. The van der Waals surface area contributed by atoms with Gasteiger partial charge < -0.3 is 14.5 Å². The molecule has 1 amide bonds. The number of nitrogens with zero attached hydrogens (tertiary/aromatic N) is 1. The molecule has 2 aromatic carbocycles. The van der Waals surface area contributed by atoms with Gasteiger partial charge in [0.1, 0.15) is 34.7 Å². The number of nitrogens with one attached hydrogen (secondary N) is 1. The maximum atomic E-state index is 13.3. The Balaban J connectivity index is 1.74. The lowest BCUT2D eigenvalue weighted by atomic mass is 10.2. The van der Waals surface area contributed by atoms with Gasteiger partial charge in [0.2, 0.25) is 0 Å². The number of nitriles is 1. The Morgan fingerprint density at radius 3 is 2.68 bits per heavy atom. The highest BCUT2D eigenvalue weighted by Crippen LogP contribution is 2.24. The van der Waals surface area contributed by atoms with Gasteiger partial charge in [-0.1, -0.05) is 12.1 Å². The topological polar surface area (TPSA) is 75.3 Å². The number of hydrogen-bond donors (Lipinski definition) is 1. The van der Waals surface area contributed by atoms with E-state index >= 15 is 0 Å². The maximum absolute atomic E-state index is 13.3. The number of anilines is 1. The van der Waals surface area contributed by atoms with E-state index in [1.54, 1.807) is 48.5 Å². The van der Waals surface area contributed by atoms with Crippen molar-refractivity contribution in [1.29, 1.82) is 5.26 Å². The summed E-state index contributed by atoms with van der Waals surface area (Å²) in [6.07, 6.45) is 1.34. The van der Waals surface area contributed by atoms with Crippen LogP contribution in [0.2, 0.25) is 0 Å². The highest BCUT2D eigenvalue weighted by Gasteiger charge is 2.12. The predicted octanol–water partition coefficient (Wildman–Crippen LogP) is 5.03. The summed E-state index contributed by atoms with van der Waals surface area (Å²) in [6.45, 7) is 2.43. The molecular weight excluding hydrogens is 359 g/mol. The van der Waals surface area contributed by atoms with Gasteiger partial charge >= 0.3 is 0 Å². The van der Waals surface area contributed by atoms with Gasteiger partial charge in [0.25, 0.3) is 5.91 Å². The quantitative estimate of drug-likeness (QED) is 0.484. The Bertz CT molecular complexity index is 1050. The molecule has 0 aliphatic heterocycles. The fraction of sp³-hybridized carbons (Fsp3) is 0.0909. The zero-order valence-electron chi connectivity index (χ0n) is 15.1. The van der Waals surface area contributed by atoms with Gasteiger partial charge in [-0.2, -0.15) is 5.26 Å². The van der Waals surface area contributed by atoms with Gasteiger partial charge in [-0.05, 0) is 55.5 Å². The fourth-order valence-corrected chi connectivity index (χ4v) is 2.52. The van der Waals surface area contributed by atoms with E-state index in [0.29, 0.717) is 35.1 Å². The highest BCUT2D eigenvalue weighted by atomic mass is 19.1. The van der Waals surface area contributed by atoms with Crippen molar-refractivity contribution in [3.63, 3.8) is 0 Å². The van der Waals surface area contributed by atoms with Crippen LogP contribution in [0.25, 0.3) is 17.4 Å². The van der Waals surface area contributed by atoms with Crippen LogP contribution in [0.4, 0.5) is 10.1 Å². The molecule has 140 valence electrons. The summed E-state index contributed by atoms with van der Waals surface area (Å²) in [4.78, 5) is 12.4. The lowest BCUT2D eigenvalue weighted by Gasteiger charge is -2.06. The average Bonchev–Trinajstić information content (AvgIpc) is 3.16. The van der Waals surface area contributed by atoms with Crippen molar-refractivity contribution in [2.24, 2.45) is 0 Å².